The Hall–Kier alpha value is -3.40. The van der Waals surface area contributed by atoms with E-state index in [1.54, 1.807) is 0 Å². The molecule has 34 heavy (non-hydrogen) atoms. The zero-order chi connectivity index (χ0) is 23.0. The van der Waals surface area contributed by atoms with Gasteiger partial charge in [-0.25, -0.2) is 0 Å². The summed E-state index contributed by atoms with van der Waals surface area (Å²) in [5, 5.41) is 3.55. The molecule has 1 heterocycles. The molecule has 0 radical (unpaired) electrons. The summed E-state index contributed by atoms with van der Waals surface area (Å²) in [6, 6.07) is 38.9. The van der Waals surface area contributed by atoms with Gasteiger partial charge >= 0.3 is 0 Å². The molecule has 1 aliphatic rings. The number of nitrogens with zero attached hydrogens (tertiary/aromatic N) is 1. The molecule has 1 saturated heterocycles. The minimum Gasteiger partial charge on any atom is -0.489 e. The molecule has 1 aliphatic heterocycles. The molecule has 0 spiro atoms. The molecular weight excluding hydrogens is 416 g/mol. The minimum atomic E-state index is 0.230. The monoisotopic (exact) mass is 448 g/mol. The highest BCUT2D eigenvalue weighted by atomic mass is 16.5. The van der Waals surface area contributed by atoms with Gasteiger partial charge in [-0.2, -0.15) is 0 Å². The van der Waals surface area contributed by atoms with Gasteiger partial charge in [0, 0.05) is 19.6 Å². The van der Waals surface area contributed by atoms with Gasteiger partial charge in [-0.15, -0.1) is 0 Å². The maximum atomic E-state index is 6.04. The highest BCUT2D eigenvalue weighted by molar-refractivity contribution is 5.63. The smallest absolute Gasteiger partial charge is 0.119 e. The Morgan fingerprint density at radius 3 is 1.97 bits per heavy atom. The summed E-state index contributed by atoms with van der Waals surface area (Å²) >= 11 is 0. The Kier molecular flexibility index (Phi) is 7.34. The molecule has 1 unspecified atom stereocenters. The fourth-order valence-corrected chi connectivity index (χ4v) is 4.71. The summed E-state index contributed by atoms with van der Waals surface area (Å²) in [4.78, 5) is 2.61. The summed E-state index contributed by atoms with van der Waals surface area (Å²) in [5.41, 5.74) is 6.33. The van der Waals surface area contributed by atoms with Crippen molar-refractivity contribution < 1.29 is 4.74 Å². The van der Waals surface area contributed by atoms with Crippen LogP contribution in [0.5, 0.6) is 5.75 Å². The van der Waals surface area contributed by atoms with Crippen LogP contribution in [0.3, 0.4) is 0 Å². The molecule has 5 rings (SSSR count). The predicted molar refractivity (Wildman–Crippen MR) is 140 cm³/mol. The van der Waals surface area contributed by atoms with E-state index in [2.05, 4.69) is 101 Å². The number of rotatable bonds is 7. The summed E-state index contributed by atoms with van der Waals surface area (Å²) in [6.07, 6.45) is 1.16. The molecule has 172 valence electrons. The fourth-order valence-electron chi connectivity index (χ4n) is 4.71. The van der Waals surface area contributed by atoms with Gasteiger partial charge in [-0.05, 0) is 52.9 Å². The van der Waals surface area contributed by atoms with Gasteiger partial charge in [-0.1, -0.05) is 97.1 Å². The van der Waals surface area contributed by atoms with Crippen molar-refractivity contribution in [1.82, 2.24) is 10.2 Å². The summed E-state index contributed by atoms with van der Waals surface area (Å²) in [7, 11) is 0. The largest absolute Gasteiger partial charge is 0.489 e. The van der Waals surface area contributed by atoms with Crippen LogP contribution in [0.2, 0.25) is 0 Å². The number of benzene rings is 4. The van der Waals surface area contributed by atoms with E-state index in [-0.39, 0.29) is 6.04 Å². The van der Waals surface area contributed by atoms with Gasteiger partial charge in [0.25, 0.3) is 0 Å². The number of ether oxygens (including phenoxy) is 1. The lowest BCUT2D eigenvalue weighted by molar-refractivity contribution is 0.241. The SMILES string of the molecule is c1ccc(COc2ccc(C(c3ccc(-c4ccccc4)cc3)N3CCCNCC3)cc2)cc1. The van der Waals surface area contributed by atoms with Gasteiger partial charge in [-0.3, -0.25) is 4.90 Å². The van der Waals surface area contributed by atoms with E-state index in [0.29, 0.717) is 6.61 Å². The molecule has 0 amide bonds. The first-order chi connectivity index (χ1) is 16.9. The van der Waals surface area contributed by atoms with E-state index in [1.807, 2.05) is 18.2 Å². The third-order valence-electron chi connectivity index (χ3n) is 6.52. The van der Waals surface area contributed by atoms with Crippen molar-refractivity contribution in [1.29, 1.82) is 0 Å². The lowest BCUT2D eigenvalue weighted by Gasteiger charge is -2.31. The van der Waals surface area contributed by atoms with Crippen LogP contribution in [-0.2, 0) is 6.61 Å². The molecule has 4 aromatic rings. The van der Waals surface area contributed by atoms with E-state index in [1.165, 1.54) is 27.8 Å². The van der Waals surface area contributed by atoms with Crippen molar-refractivity contribution in [3.8, 4) is 16.9 Å². The number of hydrogen-bond acceptors (Lipinski definition) is 3. The van der Waals surface area contributed by atoms with E-state index in [4.69, 9.17) is 4.74 Å². The molecule has 0 bridgehead atoms. The first kappa shape index (κ1) is 22.4. The Bertz CT molecular complexity index is 1130. The molecule has 3 heteroatoms. The van der Waals surface area contributed by atoms with E-state index < -0.39 is 0 Å². The molecule has 1 N–H and O–H groups in total. The topological polar surface area (TPSA) is 24.5 Å². The average molecular weight is 449 g/mol. The second-order valence-electron chi connectivity index (χ2n) is 8.87. The maximum Gasteiger partial charge on any atom is 0.119 e. The van der Waals surface area contributed by atoms with Crippen LogP contribution in [0.15, 0.2) is 109 Å². The third-order valence-corrected chi connectivity index (χ3v) is 6.52. The van der Waals surface area contributed by atoms with Crippen molar-refractivity contribution in [2.75, 3.05) is 26.2 Å². The number of nitrogens with one attached hydrogen (secondary N) is 1. The van der Waals surface area contributed by atoms with Crippen molar-refractivity contribution in [3.63, 3.8) is 0 Å². The van der Waals surface area contributed by atoms with Crippen LogP contribution in [0, 0.1) is 0 Å². The first-order valence-electron chi connectivity index (χ1n) is 12.2. The highest BCUT2D eigenvalue weighted by Gasteiger charge is 2.23. The Balaban J connectivity index is 1.38. The molecular formula is C31H32N2O. The van der Waals surface area contributed by atoms with Crippen LogP contribution in [0.25, 0.3) is 11.1 Å². The zero-order valence-corrected chi connectivity index (χ0v) is 19.6. The van der Waals surface area contributed by atoms with Crippen molar-refractivity contribution in [2.24, 2.45) is 0 Å². The lowest BCUT2D eigenvalue weighted by Crippen LogP contribution is -2.33. The summed E-state index contributed by atoms with van der Waals surface area (Å²) in [6.45, 7) is 4.82. The second-order valence-corrected chi connectivity index (χ2v) is 8.87. The molecule has 0 aromatic heterocycles. The van der Waals surface area contributed by atoms with Gasteiger partial charge in [0.2, 0.25) is 0 Å². The second kappa shape index (κ2) is 11.1. The molecule has 0 saturated carbocycles. The van der Waals surface area contributed by atoms with Crippen LogP contribution in [0.4, 0.5) is 0 Å². The standard InChI is InChI=1S/C31H32N2O/c1-3-8-25(9-4-1)24-34-30-18-16-29(17-19-30)31(33-22-7-20-32-21-23-33)28-14-12-27(13-15-28)26-10-5-2-6-11-26/h1-6,8-19,31-32H,7,20-24H2. The molecule has 0 aliphatic carbocycles. The van der Waals surface area contributed by atoms with Crippen LogP contribution in [-0.4, -0.2) is 31.1 Å². The van der Waals surface area contributed by atoms with Gasteiger partial charge < -0.3 is 10.1 Å². The normalized spacial score (nSPS) is 15.4. The zero-order valence-electron chi connectivity index (χ0n) is 19.6. The summed E-state index contributed by atoms with van der Waals surface area (Å²) in [5.74, 6) is 0.906. The molecule has 1 fully saturated rings. The van der Waals surface area contributed by atoms with E-state index in [9.17, 15) is 0 Å². The van der Waals surface area contributed by atoms with Gasteiger partial charge in [0.1, 0.15) is 12.4 Å². The number of hydrogen-bond donors (Lipinski definition) is 1. The van der Waals surface area contributed by atoms with Crippen molar-refractivity contribution in [2.45, 2.75) is 19.1 Å². The van der Waals surface area contributed by atoms with Crippen LogP contribution >= 0.6 is 0 Å². The molecule has 3 nitrogen and oxygen atoms in total. The highest BCUT2D eigenvalue weighted by Crippen LogP contribution is 2.32. The predicted octanol–water partition coefficient (Wildman–Crippen LogP) is 6.32. The molecule has 4 aromatic carbocycles. The van der Waals surface area contributed by atoms with Crippen LogP contribution < -0.4 is 10.1 Å². The summed E-state index contributed by atoms with van der Waals surface area (Å²) < 4.78 is 6.04. The Labute approximate surface area is 203 Å². The lowest BCUT2D eigenvalue weighted by atomic mass is 9.94. The quantitative estimate of drug-likeness (QED) is 0.358. The van der Waals surface area contributed by atoms with E-state index >= 15 is 0 Å². The van der Waals surface area contributed by atoms with Crippen molar-refractivity contribution >= 4 is 0 Å². The molecule has 1 atom stereocenters. The van der Waals surface area contributed by atoms with Crippen LogP contribution in [0.1, 0.15) is 29.2 Å². The Morgan fingerprint density at radius 1 is 0.647 bits per heavy atom. The first-order valence-corrected chi connectivity index (χ1v) is 12.2. The van der Waals surface area contributed by atoms with E-state index in [0.717, 1.165) is 38.3 Å². The minimum absolute atomic E-state index is 0.230. The van der Waals surface area contributed by atoms with Gasteiger partial charge in [0.15, 0.2) is 0 Å². The van der Waals surface area contributed by atoms with Crippen molar-refractivity contribution in [3.05, 3.63) is 126 Å². The average Bonchev–Trinajstić information content (AvgIpc) is 3.19. The Morgan fingerprint density at radius 2 is 1.26 bits per heavy atom. The maximum absolute atomic E-state index is 6.04. The van der Waals surface area contributed by atoms with Gasteiger partial charge in [0.05, 0.1) is 6.04 Å². The third kappa shape index (κ3) is 5.56. The fraction of sp³-hybridized carbons (Fsp3) is 0.226.